The van der Waals surface area contributed by atoms with E-state index in [1.165, 1.54) is 6.07 Å². The van der Waals surface area contributed by atoms with Gasteiger partial charge >= 0.3 is 6.09 Å². The summed E-state index contributed by atoms with van der Waals surface area (Å²) in [5, 5.41) is 2.86. The Morgan fingerprint density at radius 2 is 2.13 bits per heavy atom. The molecule has 23 heavy (non-hydrogen) atoms. The quantitative estimate of drug-likeness (QED) is 0.855. The van der Waals surface area contributed by atoms with E-state index in [2.05, 4.69) is 5.32 Å². The molecule has 0 radical (unpaired) electrons. The minimum Gasteiger partial charge on any atom is -0.493 e. The van der Waals surface area contributed by atoms with E-state index in [1.807, 2.05) is 27.7 Å². The number of nitrogens with one attached hydrogen (secondary N) is 1. The van der Waals surface area contributed by atoms with E-state index < -0.39 is 17.5 Å². The predicted octanol–water partition coefficient (Wildman–Crippen LogP) is 4.51. The highest BCUT2D eigenvalue weighted by Crippen LogP contribution is 2.51. The van der Waals surface area contributed by atoms with Gasteiger partial charge in [-0.2, -0.15) is 0 Å². The SMILES string of the molecule is CCOc1cc(F)c(Cl)cc1C1CC1CNC(=O)OC(C)(C)C. The van der Waals surface area contributed by atoms with Crippen molar-refractivity contribution in [1.82, 2.24) is 5.32 Å². The van der Waals surface area contributed by atoms with E-state index in [4.69, 9.17) is 21.1 Å². The molecule has 0 aromatic heterocycles. The van der Waals surface area contributed by atoms with Crippen LogP contribution >= 0.6 is 11.6 Å². The molecular weight excluding hydrogens is 321 g/mol. The zero-order valence-corrected chi connectivity index (χ0v) is 14.7. The van der Waals surface area contributed by atoms with E-state index in [0.29, 0.717) is 18.9 Å². The Kier molecular flexibility index (Phi) is 5.40. The van der Waals surface area contributed by atoms with Gasteiger partial charge in [0.15, 0.2) is 0 Å². The van der Waals surface area contributed by atoms with Crippen LogP contribution in [0.4, 0.5) is 9.18 Å². The lowest BCUT2D eigenvalue weighted by Crippen LogP contribution is -2.33. The highest BCUT2D eigenvalue weighted by molar-refractivity contribution is 6.30. The minimum atomic E-state index is -0.514. The molecule has 1 aliphatic carbocycles. The topological polar surface area (TPSA) is 47.6 Å². The Morgan fingerprint density at radius 1 is 1.43 bits per heavy atom. The molecule has 1 amide bonds. The Balaban J connectivity index is 1.95. The van der Waals surface area contributed by atoms with Crippen molar-refractivity contribution in [1.29, 1.82) is 0 Å². The van der Waals surface area contributed by atoms with Crippen LogP contribution in [0.3, 0.4) is 0 Å². The first-order chi connectivity index (χ1) is 10.7. The van der Waals surface area contributed by atoms with Gasteiger partial charge in [-0.1, -0.05) is 11.6 Å². The van der Waals surface area contributed by atoms with E-state index in [1.54, 1.807) is 6.07 Å². The van der Waals surface area contributed by atoms with Crippen molar-refractivity contribution in [2.45, 2.75) is 45.6 Å². The molecule has 0 heterocycles. The lowest BCUT2D eigenvalue weighted by atomic mass is 10.1. The van der Waals surface area contributed by atoms with Crippen molar-refractivity contribution in [2.75, 3.05) is 13.2 Å². The van der Waals surface area contributed by atoms with Crippen LogP contribution in [-0.4, -0.2) is 24.8 Å². The van der Waals surface area contributed by atoms with Crippen molar-refractivity contribution in [3.8, 4) is 5.75 Å². The highest BCUT2D eigenvalue weighted by atomic mass is 35.5. The van der Waals surface area contributed by atoms with Crippen LogP contribution in [0.15, 0.2) is 12.1 Å². The van der Waals surface area contributed by atoms with Gasteiger partial charge in [-0.05, 0) is 57.6 Å². The number of carbonyl (C=O) groups is 1. The molecule has 0 aliphatic heterocycles. The van der Waals surface area contributed by atoms with Crippen molar-refractivity contribution >= 4 is 17.7 Å². The van der Waals surface area contributed by atoms with E-state index >= 15 is 0 Å². The van der Waals surface area contributed by atoms with Crippen LogP contribution in [0.1, 0.15) is 45.6 Å². The molecule has 1 aromatic rings. The predicted molar refractivity (Wildman–Crippen MR) is 87.7 cm³/mol. The average Bonchev–Trinajstić information content (AvgIpc) is 3.18. The van der Waals surface area contributed by atoms with Gasteiger partial charge in [0, 0.05) is 12.6 Å². The second kappa shape index (κ2) is 6.95. The molecule has 2 unspecified atom stereocenters. The van der Waals surface area contributed by atoms with Crippen molar-refractivity contribution in [2.24, 2.45) is 5.92 Å². The van der Waals surface area contributed by atoms with Gasteiger partial charge in [0.1, 0.15) is 17.2 Å². The second-order valence-electron chi connectivity index (χ2n) is 6.72. The van der Waals surface area contributed by atoms with Gasteiger partial charge < -0.3 is 14.8 Å². The number of hydrogen-bond donors (Lipinski definition) is 1. The average molecular weight is 344 g/mol. The standard InChI is InChI=1S/C17H23ClFNO3/c1-5-22-15-8-14(19)13(18)7-12(15)11-6-10(11)9-20-16(21)23-17(2,3)4/h7-8,10-11H,5-6,9H2,1-4H3,(H,20,21). The van der Waals surface area contributed by atoms with Gasteiger partial charge in [0.05, 0.1) is 11.6 Å². The van der Waals surface area contributed by atoms with Crippen LogP contribution in [-0.2, 0) is 4.74 Å². The van der Waals surface area contributed by atoms with Crippen LogP contribution < -0.4 is 10.1 Å². The summed E-state index contributed by atoms with van der Waals surface area (Å²) in [7, 11) is 0. The van der Waals surface area contributed by atoms with Crippen LogP contribution in [0.25, 0.3) is 0 Å². The lowest BCUT2D eigenvalue weighted by molar-refractivity contribution is 0.0525. The maximum atomic E-state index is 13.6. The van der Waals surface area contributed by atoms with E-state index in [0.717, 1.165) is 12.0 Å². The number of amides is 1. The fraction of sp³-hybridized carbons (Fsp3) is 0.588. The summed E-state index contributed by atoms with van der Waals surface area (Å²) in [6, 6.07) is 2.96. The Bertz CT molecular complexity index is 586. The first kappa shape index (κ1) is 17.9. The summed E-state index contributed by atoms with van der Waals surface area (Å²) in [6.07, 6.45) is 0.475. The molecule has 6 heteroatoms. The summed E-state index contributed by atoms with van der Waals surface area (Å²) in [4.78, 5) is 11.7. The monoisotopic (exact) mass is 343 g/mol. The molecule has 0 bridgehead atoms. The number of hydrogen-bond acceptors (Lipinski definition) is 3. The molecule has 0 saturated heterocycles. The molecule has 1 N–H and O–H groups in total. The van der Waals surface area contributed by atoms with Crippen molar-refractivity contribution in [3.05, 3.63) is 28.5 Å². The number of benzene rings is 1. The molecule has 1 saturated carbocycles. The normalized spacial score (nSPS) is 20.1. The maximum absolute atomic E-state index is 13.6. The molecule has 2 atom stereocenters. The van der Waals surface area contributed by atoms with Crippen molar-refractivity contribution < 1.29 is 18.7 Å². The summed E-state index contributed by atoms with van der Waals surface area (Å²) >= 11 is 5.89. The van der Waals surface area contributed by atoms with Gasteiger partial charge in [-0.25, -0.2) is 9.18 Å². The third-order valence-corrected chi connectivity index (χ3v) is 3.87. The Labute approximate surface area is 141 Å². The highest BCUT2D eigenvalue weighted by Gasteiger charge is 2.40. The van der Waals surface area contributed by atoms with E-state index in [-0.39, 0.29) is 16.9 Å². The second-order valence-corrected chi connectivity index (χ2v) is 7.13. The summed E-state index contributed by atoms with van der Waals surface area (Å²) in [5.41, 5.74) is 0.383. The van der Waals surface area contributed by atoms with Crippen LogP contribution in [0.2, 0.25) is 5.02 Å². The van der Waals surface area contributed by atoms with Crippen molar-refractivity contribution in [3.63, 3.8) is 0 Å². The number of alkyl carbamates (subject to hydrolysis) is 1. The number of rotatable bonds is 5. The fourth-order valence-corrected chi connectivity index (χ4v) is 2.67. The molecule has 1 aliphatic rings. The molecular formula is C17H23ClFNO3. The zero-order chi connectivity index (χ0) is 17.2. The first-order valence-electron chi connectivity index (χ1n) is 7.80. The van der Waals surface area contributed by atoms with Gasteiger partial charge in [-0.15, -0.1) is 0 Å². The molecule has 4 nitrogen and oxygen atoms in total. The van der Waals surface area contributed by atoms with Gasteiger partial charge in [0.2, 0.25) is 0 Å². The molecule has 1 aromatic carbocycles. The Hall–Kier alpha value is -1.49. The lowest BCUT2D eigenvalue weighted by Gasteiger charge is -2.19. The maximum Gasteiger partial charge on any atom is 0.407 e. The first-order valence-corrected chi connectivity index (χ1v) is 8.17. The van der Waals surface area contributed by atoms with Gasteiger partial charge in [-0.3, -0.25) is 0 Å². The van der Waals surface area contributed by atoms with Crippen LogP contribution in [0.5, 0.6) is 5.75 Å². The summed E-state index contributed by atoms with van der Waals surface area (Å²) < 4.78 is 24.3. The third kappa shape index (κ3) is 4.99. The number of carbonyl (C=O) groups excluding carboxylic acids is 1. The number of halogens is 2. The largest absolute Gasteiger partial charge is 0.493 e. The van der Waals surface area contributed by atoms with Crippen LogP contribution in [0, 0.1) is 11.7 Å². The van der Waals surface area contributed by atoms with E-state index in [9.17, 15) is 9.18 Å². The Morgan fingerprint density at radius 3 is 2.74 bits per heavy atom. The number of ether oxygens (including phenoxy) is 2. The summed E-state index contributed by atoms with van der Waals surface area (Å²) in [6.45, 7) is 8.29. The third-order valence-electron chi connectivity index (χ3n) is 3.58. The zero-order valence-electron chi connectivity index (χ0n) is 13.9. The molecule has 128 valence electrons. The van der Waals surface area contributed by atoms with Gasteiger partial charge in [0.25, 0.3) is 0 Å². The fourth-order valence-electron chi connectivity index (χ4n) is 2.50. The molecule has 2 rings (SSSR count). The summed E-state index contributed by atoms with van der Waals surface area (Å²) in [5.74, 6) is 0.537. The molecule has 1 fully saturated rings. The molecule has 0 spiro atoms. The minimum absolute atomic E-state index is 0.0919. The smallest absolute Gasteiger partial charge is 0.407 e.